The second kappa shape index (κ2) is 6.22. The maximum Gasteiger partial charge on any atom is 0.273 e. The normalized spacial score (nSPS) is 9.83. The summed E-state index contributed by atoms with van der Waals surface area (Å²) in [4.78, 5) is 13.8. The number of thioether (sulfide) groups is 1. The second-order valence-corrected chi connectivity index (χ2v) is 4.56. The molecule has 7 nitrogen and oxygen atoms in total. The van der Waals surface area contributed by atoms with Crippen LogP contribution in [0, 0.1) is 15.5 Å². The van der Waals surface area contributed by atoms with E-state index in [1.54, 1.807) is 0 Å². The fourth-order valence-corrected chi connectivity index (χ4v) is 2.03. The molecule has 1 rings (SSSR count). The minimum atomic E-state index is -0.504. The van der Waals surface area contributed by atoms with E-state index in [-0.39, 0.29) is 22.6 Å². The Bertz CT molecular complexity index is 516. The molecule has 0 fully saturated rings. The van der Waals surface area contributed by atoms with Crippen LogP contribution in [0.4, 0.5) is 5.69 Å². The van der Waals surface area contributed by atoms with Gasteiger partial charge >= 0.3 is 0 Å². The molecule has 0 saturated heterocycles. The highest BCUT2D eigenvalue weighted by Gasteiger charge is 2.14. The standard InChI is InChI=1S/C9H10ClN5O2S/c10-6-1-2-7(15(16)17)5(3-6)4-18-9(13)14-8(11)12/h1-3H,4H2,(H5,11,12,13,14). The number of hydrogen-bond acceptors (Lipinski definition) is 4. The van der Waals surface area contributed by atoms with Gasteiger partial charge in [-0.1, -0.05) is 23.4 Å². The number of guanidine groups is 1. The van der Waals surface area contributed by atoms with Gasteiger partial charge in [0.15, 0.2) is 11.1 Å². The van der Waals surface area contributed by atoms with Crippen molar-refractivity contribution in [2.24, 2.45) is 16.5 Å². The first kappa shape index (κ1) is 14.3. The van der Waals surface area contributed by atoms with Crippen LogP contribution in [-0.2, 0) is 5.75 Å². The van der Waals surface area contributed by atoms with E-state index < -0.39 is 4.92 Å². The largest absolute Gasteiger partial charge is 0.370 e. The number of nitrogens with one attached hydrogen (secondary N) is 1. The minimum Gasteiger partial charge on any atom is -0.370 e. The lowest BCUT2D eigenvalue weighted by Crippen LogP contribution is -2.23. The molecule has 0 saturated carbocycles. The van der Waals surface area contributed by atoms with E-state index >= 15 is 0 Å². The molecular formula is C9H10ClN5O2S. The molecule has 1 aromatic carbocycles. The van der Waals surface area contributed by atoms with Crippen molar-refractivity contribution in [3.8, 4) is 0 Å². The summed E-state index contributed by atoms with van der Waals surface area (Å²) in [5.41, 5.74) is 10.6. The summed E-state index contributed by atoms with van der Waals surface area (Å²) in [5.74, 6) is -0.0416. The number of nitro groups is 1. The first-order valence-corrected chi connectivity index (χ1v) is 6.00. The average molecular weight is 288 g/mol. The first-order chi connectivity index (χ1) is 8.40. The number of benzene rings is 1. The predicted molar refractivity (Wildman–Crippen MR) is 72.9 cm³/mol. The van der Waals surface area contributed by atoms with Gasteiger partial charge in [-0.2, -0.15) is 4.99 Å². The van der Waals surface area contributed by atoms with Crippen molar-refractivity contribution in [3.63, 3.8) is 0 Å². The fraction of sp³-hybridized carbons (Fsp3) is 0.111. The van der Waals surface area contributed by atoms with E-state index in [2.05, 4.69) is 4.99 Å². The summed E-state index contributed by atoms with van der Waals surface area (Å²) in [6, 6.07) is 4.24. The molecule has 0 radical (unpaired) electrons. The van der Waals surface area contributed by atoms with Gasteiger partial charge in [-0.3, -0.25) is 15.5 Å². The van der Waals surface area contributed by atoms with Crippen LogP contribution in [0.2, 0.25) is 5.02 Å². The molecule has 0 unspecified atom stereocenters. The third-order valence-corrected chi connectivity index (χ3v) is 2.89. The summed E-state index contributed by atoms with van der Waals surface area (Å²) in [6.45, 7) is 0. The van der Waals surface area contributed by atoms with E-state index in [0.29, 0.717) is 10.6 Å². The zero-order valence-electron chi connectivity index (χ0n) is 9.09. The molecular weight excluding hydrogens is 278 g/mol. The van der Waals surface area contributed by atoms with Crippen LogP contribution in [0.25, 0.3) is 0 Å². The maximum atomic E-state index is 10.8. The molecule has 9 heteroatoms. The zero-order valence-corrected chi connectivity index (χ0v) is 10.7. The molecule has 0 amide bonds. The van der Waals surface area contributed by atoms with Crippen molar-refractivity contribution >= 4 is 40.2 Å². The van der Waals surface area contributed by atoms with Crippen molar-refractivity contribution < 1.29 is 4.92 Å². The Hall–Kier alpha value is -1.80. The van der Waals surface area contributed by atoms with E-state index in [9.17, 15) is 10.1 Å². The number of nitro benzene ring substituents is 1. The topological polar surface area (TPSA) is 131 Å². The molecule has 5 N–H and O–H groups in total. The SMILES string of the molecule is N=C(N=C(N)N)SCc1cc(Cl)ccc1[N+](=O)[O-]. The van der Waals surface area contributed by atoms with Crippen LogP contribution in [0.3, 0.4) is 0 Å². The molecule has 0 aliphatic rings. The predicted octanol–water partition coefficient (Wildman–Crippen LogP) is 1.69. The summed E-state index contributed by atoms with van der Waals surface area (Å²) in [7, 11) is 0. The number of aliphatic imine (C=N–C) groups is 1. The van der Waals surface area contributed by atoms with Gasteiger partial charge in [0.2, 0.25) is 0 Å². The lowest BCUT2D eigenvalue weighted by atomic mass is 10.2. The zero-order chi connectivity index (χ0) is 13.7. The summed E-state index contributed by atoms with van der Waals surface area (Å²) < 4.78 is 0. The van der Waals surface area contributed by atoms with Gasteiger partial charge < -0.3 is 11.5 Å². The van der Waals surface area contributed by atoms with Crippen LogP contribution in [0.5, 0.6) is 0 Å². The van der Waals surface area contributed by atoms with Crippen molar-refractivity contribution in [1.29, 1.82) is 5.41 Å². The van der Waals surface area contributed by atoms with E-state index in [4.69, 9.17) is 28.5 Å². The fourth-order valence-electron chi connectivity index (χ4n) is 1.14. The molecule has 0 bridgehead atoms. The Balaban J connectivity index is 2.84. The summed E-state index contributed by atoms with van der Waals surface area (Å²) >= 11 is 6.74. The number of nitrogens with zero attached hydrogens (tertiary/aromatic N) is 2. The highest BCUT2D eigenvalue weighted by molar-refractivity contribution is 8.13. The van der Waals surface area contributed by atoms with Crippen LogP contribution < -0.4 is 11.5 Å². The maximum absolute atomic E-state index is 10.8. The summed E-state index contributed by atoms with van der Waals surface area (Å²) in [6.07, 6.45) is 0. The van der Waals surface area contributed by atoms with Crippen molar-refractivity contribution in [2.45, 2.75) is 5.75 Å². The third-order valence-electron chi connectivity index (χ3n) is 1.83. The van der Waals surface area contributed by atoms with Crippen LogP contribution in [0.1, 0.15) is 5.56 Å². The Morgan fingerprint density at radius 3 is 2.78 bits per heavy atom. The molecule has 18 heavy (non-hydrogen) atoms. The number of hydrogen-bond donors (Lipinski definition) is 3. The summed E-state index contributed by atoms with van der Waals surface area (Å²) in [5, 5.41) is 18.5. The molecule has 0 aliphatic heterocycles. The highest BCUT2D eigenvalue weighted by atomic mass is 35.5. The molecule has 0 aliphatic carbocycles. The van der Waals surface area contributed by atoms with Gasteiger partial charge in [-0.15, -0.1) is 0 Å². The molecule has 0 aromatic heterocycles. The number of nitrogens with two attached hydrogens (primary N) is 2. The van der Waals surface area contributed by atoms with Crippen molar-refractivity contribution in [2.75, 3.05) is 0 Å². The minimum absolute atomic E-state index is 0.0515. The lowest BCUT2D eigenvalue weighted by molar-refractivity contribution is -0.385. The van der Waals surface area contributed by atoms with Crippen molar-refractivity contribution in [3.05, 3.63) is 38.9 Å². The van der Waals surface area contributed by atoms with Gasteiger partial charge in [0.1, 0.15) is 0 Å². The average Bonchev–Trinajstić information content (AvgIpc) is 2.25. The smallest absolute Gasteiger partial charge is 0.273 e. The first-order valence-electron chi connectivity index (χ1n) is 4.64. The molecule has 0 atom stereocenters. The Labute approximate surface area is 112 Å². The van der Waals surface area contributed by atoms with E-state index in [1.807, 2.05) is 0 Å². The Morgan fingerprint density at radius 1 is 1.56 bits per heavy atom. The van der Waals surface area contributed by atoms with Crippen LogP contribution in [-0.4, -0.2) is 16.1 Å². The van der Waals surface area contributed by atoms with Gasteiger partial charge in [-0.25, -0.2) is 0 Å². The second-order valence-electron chi connectivity index (χ2n) is 3.16. The molecule has 1 aromatic rings. The van der Waals surface area contributed by atoms with Gasteiger partial charge in [0.25, 0.3) is 5.69 Å². The van der Waals surface area contributed by atoms with E-state index in [0.717, 1.165) is 11.8 Å². The molecule has 0 heterocycles. The number of amidine groups is 1. The Kier molecular flexibility index (Phi) is 4.93. The quantitative estimate of drug-likeness (QED) is 0.337. The Morgan fingerprint density at radius 2 is 2.22 bits per heavy atom. The third kappa shape index (κ3) is 4.22. The number of rotatable bonds is 3. The van der Waals surface area contributed by atoms with E-state index in [1.165, 1.54) is 18.2 Å². The van der Waals surface area contributed by atoms with Crippen LogP contribution in [0.15, 0.2) is 23.2 Å². The monoisotopic (exact) mass is 287 g/mol. The molecule has 96 valence electrons. The lowest BCUT2D eigenvalue weighted by Gasteiger charge is -2.03. The van der Waals surface area contributed by atoms with Gasteiger partial charge in [-0.05, 0) is 12.1 Å². The molecule has 0 spiro atoms. The van der Waals surface area contributed by atoms with Crippen LogP contribution >= 0.6 is 23.4 Å². The van der Waals surface area contributed by atoms with Crippen molar-refractivity contribution in [1.82, 2.24) is 0 Å². The highest BCUT2D eigenvalue weighted by Crippen LogP contribution is 2.26. The van der Waals surface area contributed by atoms with Gasteiger partial charge in [0.05, 0.1) is 4.92 Å². The van der Waals surface area contributed by atoms with Gasteiger partial charge in [0, 0.05) is 22.4 Å². The number of halogens is 1.